The zero-order valence-electron chi connectivity index (χ0n) is 9.84. The second-order valence-corrected chi connectivity index (χ2v) is 5.14. The van der Waals surface area contributed by atoms with Gasteiger partial charge in [-0.05, 0) is 24.1 Å². The number of hydrogen-bond donors (Lipinski definition) is 0. The van der Waals surface area contributed by atoms with E-state index in [1.807, 2.05) is 19.1 Å². The van der Waals surface area contributed by atoms with Gasteiger partial charge in [0.2, 0.25) is 0 Å². The predicted octanol–water partition coefficient (Wildman–Crippen LogP) is 4.03. The molecule has 0 saturated carbocycles. The molecule has 0 heterocycles. The standard InChI is InChI=1S/C13H16BrClO2/c1-2-6-17-7-5-12(16)8-10-3-4-11(14)9-13(10)15/h3-4,9H,2,5-8H2,1H3. The molecule has 4 heteroatoms. The molecule has 0 aliphatic heterocycles. The maximum absolute atomic E-state index is 11.7. The highest BCUT2D eigenvalue weighted by Crippen LogP contribution is 2.22. The van der Waals surface area contributed by atoms with Crippen molar-refractivity contribution >= 4 is 33.3 Å². The lowest BCUT2D eigenvalue weighted by atomic mass is 10.1. The molecule has 0 amide bonds. The largest absolute Gasteiger partial charge is 0.381 e. The van der Waals surface area contributed by atoms with E-state index < -0.39 is 0 Å². The lowest BCUT2D eigenvalue weighted by Gasteiger charge is -2.05. The highest BCUT2D eigenvalue weighted by atomic mass is 79.9. The maximum atomic E-state index is 11.7. The van der Waals surface area contributed by atoms with Crippen molar-refractivity contribution < 1.29 is 9.53 Å². The monoisotopic (exact) mass is 318 g/mol. The zero-order valence-corrected chi connectivity index (χ0v) is 12.2. The first-order valence-electron chi connectivity index (χ1n) is 5.67. The molecular weight excluding hydrogens is 303 g/mol. The molecule has 2 nitrogen and oxygen atoms in total. The molecule has 94 valence electrons. The van der Waals surface area contributed by atoms with Gasteiger partial charge in [0.15, 0.2) is 0 Å². The van der Waals surface area contributed by atoms with Gasteiger partial charge in [-0.25, -0.2) is 0 Å². The SMILES string of the molecule is CCCOCCC(=O)Cc1ccc(Br)cc1Cl. The van der Waals surface area contributed by atoms with E-state index in [-0.39, 0.29) is 5.78 Å². The van der Waals surface area contributed by atoms with E-state index in [4.69, 9.17) is 16.3 Å². The summed E-state index contributed by atoms with van der Waals surface area (Å²) >= 11 is 9.38. The average Bonchev–Trinajstić information content (AvgIpc) is 2.28. The summed E-state index contributed by atoms with van der Waals surface area (Å²) in [4.78, 5) is 11.7. The van der Waals surface area contributed by atoms with Crippen molar-refractivity contribution in [1.82, 2.24) is 0 Å². The van der Waals surface area contributed by atoms with Crippen LogP contribution in [0.15, 0.2) is 22.7 Å². The van der Waals surface area contributed by atoms with E-state index in [2.05, 4.69) is 15.9 Å². The Morgan fingerprint density at radius 1 is 1.41 bits per heavy atom. The van der Waals surface area contributed by atoms with Crippen LogP contribution in [0.5, 0.6) is 0 Å². The van der Waals surface area contributed by atoms with E-state index in [0.717, 1.165) is 16.5 Å². The summed E-state index contributed by atoms with van der Waals surface area (Å²) in [6.07, 6.45) is 1.81. The fourth-order valence-electron chi connectivity index (χ4n) is 1.40. The van der Waals surface area contributed by atoms with Crippen LogP contribution in [0.25, 0.3) is 0 Å². The number of hydrogen-bond acceptors (Lipinski definition) is 2. The number of rotatable bonds is 7. The van der Waals surface area contributed by atoms with Crippen LogP contribution in [0.1, 0.15) is 25.3 Å². The van der Waals surface area contributed by atoms with Gasteiger partial charge in [0, 0.05) is 28.9 Å². The molecule has 0 aromatic heterocycles. The summed E-state index contributed by atoms with van der Waals surface area (Å²) in [5, 5.41) is 0.627. The van der Waals surface area contributed by atoms with Crippen molar-refractivity contribution in [2.24, 2.45) is 0 Å². The number of benzene rings is 1. The van der Waals surface area contributed by atoms with Gasteiger partial charge in [-0.15, -0.1) is 0 Å². The second-order valence-electron chi connectivity index (χ2n) is 3.81. The lowest BCUT2D eigenvalue weighted by molar-refractivity contribution is -0.119. The minimum atomic E-state index is 0.158. The molecule has 1 aromatic carbocycles. The molecule has 0 spiro atoms. The van der Waals surface area contributed by atoms with Crippen molar-refractivity contribution in [3.05, 3.63) is 33.3 Å². The van der Waals surface area contributed by atoms with Crippen molar-refractivity contribution in [2.45, 2.75) is 26.2 Å². The van der Waals surface area contributed by atoms with E-state index in [1.165, 1.54) is 0 Å². The van der Waals surface area contributed by atoms with E-state index in [0.29, 0.717) is 31.1 Å². The minimum Gasteiger partial charge on any atom is -0.381 e. The van der Waals surface area contributed by atoms with Crippen molar-refractivity contribution in [3.8, 4) is 0 Å². The molecule has 0 fully saturated rings. The summed E-state index contributed by atoms with van der Waals surface area (Å²) in [5.74, 6) is 0.158. The predicted molar refractivity (Wildman–Crippen MR) is 73.6 cm³/mol. The van der Waals surface area contributed by atoms with Crippen molar-refractivity contribution in [3.63, 3.8) is 0 Å². The van der Waals surface area contributed by atoms with E-state index in [9.17, 15) is 4.79 Å². The van der Waals surface area contributed by atoms with Crippen molar-refractivity contribution in [1.29, 1.82) is 0 Å². The van der Waals surface area contributed by atoms with Gasteiger partial charge in [0.25, 0.3) is 0 Å². The van der Waals surface area contributed by atoms with Gasteiger partial charge in [-0.3, -0.25) is 4.79 Å². The Bertz CT molecular complexity index is 380. The van der Waals surface area contributed by atoms with Crippen LogP contribution in [0.2, 0.25) is 5.02 Å². The third-order valence-corrected chi connectivity index (χ3v) is 3.12. The molecule has 17 heavy (non-hydrogen) atoms. The van der Waals surface area contributed by atoms with Gasteiger partial charge in [-0.1, -0.05) is 40.5 Å². The Morgan fingerprint density at radius 3 is 2.82 bits per heavy atom. The molecule has 1 rings (SSSR count). The Morgan fingerprint density at radius 2 is 2.18 bits per heavy atom. The summed E-state index contributed by atoms with van der Waals surface area (Å²) in [7, 11) is 0. The van der Waals surface area contributed by atoms with Gasteiger partial charge >= 0.3 is 0 Å². The van der Waals surface area contributed by atoms with Crippen LogP contribution >= 0.6 is 27.5 Å². The first-order chi connectivity index (χ1) is 8.13. The van der Waals surface area contributed by atoms with Gasteiger partial charge in [0.05, 0.1) is 6.61 Å². The zero-order chi connectivity index (χ0) is 12.7. The Kier molecular flexibility index (Phi) is 6.78. The van der Waals surface area contributed by atoms with Gasteiger partial charge in [0.1, 0.15) is 5.78 Å². The first kappa shape index (κ1) is 14.7. The number of halogens is 2. The van der Waals surface area contributed by atoms with Crippen LogP contribution in [0, 0.1) is 0 Å². The van der Waals surface area contributed by atoms with Crippen LogP contribution in [0.4, 0.5) is 0 Å². The quantitative estimate of drug-likeness (QED) is 0.709. The highest BCUT2D eigenvalue weighted by Gasteiger charge is 2.07. The summed E-state index contributed by atoms with van der Waals surface area (Å²) in [6, 6.07) is 5.57. The smallest absolute Gasteiger partial charge is 0.139 e. The van der Waals surface area contributed by atoms with Gasteiger partial charge < -0.3 is 4.74 Å². The molecule has 0 aliphatic rings. The van der Waals surface area contributed by atoms with Gasteiger partial charge in [-0.2, -0.15) is 0 Å². The second kappa shape index (κ2) is 7.85. The van der Waals surface area contributed by atoms with Crippen LogP contribution in [-0.2, 0) is 16.0 Å². The normalized spacial score (nSPS) is 10.5. The molecule has 1 aromatic rings. The Balaban J connectivity index is 2.40. The molecule has 0 radical (unpaired) electrons. The number of ketones is 1. The molecule has 0 saturated heterocycles. The average molecular weight is 320 g/mol. The van der Waals surface area contributed by atoms with Crippen molar-refractivity contribution in [2.75, 3.05) is 13.2 Å². The molecule has 0 bridgehead atoms. The fraction of sp³-hybridized carbons (Fsp3) is 0.462. The number of carbonyl (C=O) groups excluding carboxylic acids is 1. The Hall–Kier alpha value is -0.380. The molecule has 0 aliphatic carbocycles. The van der Waals surface area contributed by atoms with E-state index >= 15 is 0 Å². The molecular formula is C13H16BrClO2. The molecule has 0 unspecified atom stereocenters. The van der Waals surface area contributed by atoms with E-state index in [1.54, 1.807) is 6.07 Å². The topological polar surface area (TPSA) is 26.3 Å². The lowest BCUT2D eigenvalue weighted by Crippen LogP contribution is -2.08. The number of Topliss-reactive ketones (excluding diaryl/α,β-unsaturated/α-hetero) is 1. The van der Waals surface area contributed by atoms with Crippen LogP contribution in [0.3, 0.4) is 0 Å². The fourth-order valence-corrected chi connectivity index (χ4v) is 2.14. The van der Waals surface area contributed by atoms with Crippen LogP contribution < -0.4 is 0 Å². The maximum Gasteiger partial charge on any atom is 0.139 e. The highest BCUT2D eigenvalue weighted by molar-refractivity contribution is 9.10. The minimum absolute atomic E-state index is 0.158. The summed E-state index contributed by atoms with van der Waals surface area (Å²) < 4.78 is 6.20. The summed E-state index contributed by atoms with van der Waals surface area (Å²) in [5.41, 5.74) is 0.871. The number of carbonyl (C=O) groups is 1. The molecule has 0 N–H and O–H groups in total. The van der Waals surface area contributed by atoms with Crippen LogP contribution in [-0.4, -0.2) is 19.0 Å². The third-order valence-electron chi connectivity index (χ3n) is 2.28. The molecule has 0 atom stereocenters. The Labute approximate surface area is 115 Å². The third kappa shape index (κ3) is 5.66. The number of ether oxygens (including phenoxy) is 1. The first-order valence-corrected chi connectivity index (χ1v) is 6.84. The summed E-state index contributed by atoms with van der Waals surface area (Å²) in [6.45, 7) is 3.26.